The van der Waals surface area contributed by atoms with Crippen molar-refractivity contribution in [2.24, 2.45) is 5.92 Å². The molecule has 6 heteroatoms. The van der Waals surface area contributed by atoms with E-state index in [1.165, 1.54) is 44.1 Å². The molecule has 2 N–H and O–H groups in total. The number of imidazole rings is 1. The van der Waals surface area contributed by atoms with Crippen LogP contribution in [0.2, 0.25) is 0 Å². The Bertz CT molecular complexity index is 1100. The number of nitrogens with zero attached hydrogens (tertiary/aromatic N) is 3. The van der Waals surface area contributed by atoms with Gasteiger partial charge in [0, 0.05) is 11.8 Å². The van der Waals surface area contributed by atoms with Crippen LogP contribution in [0.3, 0.4) is 0 Å². The monoisotopic (exact) mass is 445 g/mol. The number of fused-ring (bicyclic) bond motifs is 3. The Balaban J connectivity index is 0.000000234. The molecule has 1 aromatic carbocycles. The molecule has 2 aliphatic rings. The van der Waals surface area contributed by atoms with Gasteiger partial charge >= 0.3 is 0 Å². The molecule has 33 heavy (non-hydrogen) atoms. The standard InChI is InChI=1S/C17H18N4O.C8H13N.C2H4/c1-22-17(11-5-4-6-11)19-10-15-20-14-9-18-13-8-3-2-7-12(13)16(14)21-15;9-7-6-8-4-2-1-3-5-8;1-2/h2-3,7-9,19H,4-6,10H2,1H3,(H,20,21);8H,1-6H2;1-2H2. The molecular weight excluding hydrogens is 410 g/mol. The van der Waals surface area contributed by atoms with Crippen LogP contribution in [0.4, 0.5) is 0 Å². The van der Waals surface area contributed by atoms with E-state index in [0.717, 1.165) is 58.8 Å². The number of hydrogen-bond donors (Lipinski definition) is 2. The summed E-state index contributed by atoms with van der Waals surface area (Å²) in [5, 5.41) is 12.8. The molecular formula is C27H35N5O. The topological polar surface area (TPSA) is 86.6 Å². The van der Waals surface area contributed by atoms with Crippen LogP contribution in [0.15, 0.2) is 55.1 Å². The minimum atomic E-state index is 0.621. The van der Waals surface area contributed by atoms with E-state index in [1.807, 2.05) is 24.4 Å². The minimum absolute atomic E-state index is 0.621. The van der Waals surface area contributed by atoms with Crippen molar-refractivity contribution < 1.29 is 4.74 Å². The number of aromatic nitrogens is 3. The Labute approximate surface area is 196 Å². The first kappa shape index (κ1) is 24.3. The van der Waals surface area contributed by atoms with Crippen LogP contribution in [0.1, 0.15) is 63.6 Å². The van der Waals surface area contributed by atoms with Gasteiger partial charge in [-0.3, -0.25) is 4.98 Å². The predicted octanol–water partition coefficient (Wildman–Crippen LogP) is 6.53. The molecule has 6 nitrogen and oxygen atoms in total. The number of aromatic amines is 1. The number of methoxy groups -OCH3 is 1. The molecule has 0 atom stereocenters. The van der Waals surface area contributed by atoms with Crippen LogP contribution in [0, 0.1) is 17.2 Å². The first-order valence-corrected chi connectivity index (χ1v) is 11.9. The third-order valence-electron chi connectivity index (χ3n) is 6.28. The maximum Gasteiger partial charge on any atom is 0.185 e. The van der Waals surface area contributed by atoms with Gasteiger partial charge in [0.05, 0.1) is 42.5 Å². The van der Waals surface area contributed by atoms with Gasteiger partial charge in [0.15, 0.2) is 5.88 Å². The molecule has 2 heterocycles. The lowest BCUT2D eigenvalue weighted by molar-refractivity contribution is 0.246. The highest BCUT2D eigenvalue weighted by Gasteiger charge is 2.16. The number of benzene rings is 1. The molecule has 2 aliphatic carbocycles. The Morgan fingerprint density at radius 3 is 2.61 bits per heavy atom. The molecule has 2 aromatic heterocycles. The number of H-pyrrole nitrogens is 1. The van der Waals surface area contributed by atoms with Crippen molar-refractivity contribution in [3.8, 4) is 6.07 Å². The van der Waals surface area contributed by atoms with Crippen LogP contribution in [-0.2, 0) is 11.3 Å². The van der Waals surface area contributed by atoms with Gasteiger partial charge in [0.2, 0.25) is 0 Å². The average Bonchev–Trinajstić information content (AvgIpc) is 3.27. The van der Waals surface area contributed by atoms with E-state index in [1.54, 1.807) is 7.11 Å². The van der Waals surface area contributed by atoms with Gasteiger partial charge in [-0.15, -0.1) is 13.2 Å². The summed E-state index contributed by atoms with van der Waals surface area (Å²) in [6.45, 7) is 6.62. The quantitative estimate of drug-likeness (QED) is 0.345. The molecule has 0 bridgehead atoms. The maximum atomic E-state index is 8.37. The number of allylic oxidation sites excluding steroid dienone is 1. The third kappa shape index (κ3) is 6.35. The summed E-state index contributed by atoms with van der Waals surface area (Å²) < 4.78 is 5.43. The molecule has 2 saturated carbocycles. The lowest BCUT2D eigenvalue weighted by atomic mass is 9.87. The van der Waals surface area contributed by atoms with E-state index in [0.29, 0.717) is 6.54 Å². The van der Waals surface area contributed by atoms with Gasteiger partial charge in [-0.1, -0.05) is 37.5 Å². The van der Waals surface area contributed by atoms with E-state index in [9.17, 15) is 0 Å². The summed E-state index contributed by atoms with van der Waals surface area (Å²) >= 11 is 0. The fourth-order valence-corrected chi connectivity index (χ4v) is 4.35. The Morgan fingerprint density at radius 2 is 1.94 bits per heavy atom. The zero-order valence-electron chi connectivity index (χ0n) is 19.7. The van der Waals surface area contributed by atoms with E-state index in [2.05, 4.69) is 40.6 Å². The molecule has 0 radical (unpaired) electrons. The van der Waals surface area contributed by atoms with Crippen LogP contribution < -0.4 is 5.32 Å². The van der Waals surface area contributed by atoms with Crippen LogP contribution >= 0.6 is 0 Å². The predicted molar refractivity (Wildman–Crippen MR) is 134 cm³/mol. The van der Waals surface area contributed by atoms with Crippen molar-refractivity contribution >= 4 is 21.9 Å². The van der Waals surface area contributed by atoms with Gasteiger partial charge in [-0.25, -0.2) is 4.98 Å². The Morgan fingerprint density at radius 1 is 1.18 bits per heavy atom. The van der Waals surface area contributed by atoms with Crippen molar-refractivity contribution in [3.63, 3.8) is 0 Å². The fourth-order valence-electron chi connectivity index (χ4n) is 4.35. The fraction of sp³-hybridized carbons (Fsp3) is 0.444. The number of para-hydroxylation sites is 1. The summed E-state index contributed by atoms with van der Waals surface area (Å²) in [5.74, 6) is 2.53. The number of nitrogens with one attached hydrogen (secondary N) is 2. The van der Waals surface area contributed by atoms with Gasteiger partial charge in [0.1, 0.15) is 5.82 Å². The summed E-state index contributed by atoms with van der Waals surface area (Å²) in [4.78, 5) is 12.5. The zero-order chi connectivity index (χ0) is 23.5. The van der Waals surface area contributed by atoms with E-state index < -0.39 is 0 Å². The van der Waals surface area contributed by atoms with Crippen LogP contribution in [0.25, 0.3) is 21.9 Å². The largest absolute Gasteiger partial charge is 0.483 e. The maximum absolute atomic E-state index is 8.37. The first-order chi connectivity index (χ1) is 16.3. The van der Waals surface area contributed by atoms with Crippen molar-refractivity contribution in [1.29, 1.82) is 5.26 Å². The second kappa shape index (κ2) is 12.6. The molecule has 3 aromatic rings. The molecule has 0 unspecified atom stereocenters. The molecule has 174 valence electrons. The lowest BCUT2D eigenvalue weighted by Crippen LogP contribution is -2.19. The normalized spacial score (nSPS) is 15.3. The molecule has 2 fully saturated rings. The Hall–Kier alpha value is -3.33. The van der Waals surface area contributed by atoms with Crippen molar-refractivity contribution in [3.05, 3.63) is 60.9 Å². The zero-order valence-corrected chi connectivity index (χ0v) is 19.7. The van der Waals surface area contributed by atoms with E-state index in [-0.39, 0.29) is 0 Å². The highest BCUT2D eigenvalue weighted by molar-refractivity contribution is 6.01. The average molecular weight is 446 g/mol. The van der Waals surface area contributed by atoms with Crippen LogP contribution in [0.5, 0.6) is 0 Å². The van der Waals surface area contributed by atoms with Gasteiger partial charge in [-0.05, 0) is 49.7 Å². The summed E-state index contributed by atoms with van der Waals surface area (Å²) in [6.07, 6.45) is 12.8. The van der Waals surface area contributed by atoms with E-state index >= 15 is 0 Å². The second-order valence-corrected chi connectivity index (χ2v) is 8.43. The van der Waals surface area contributed by atoms with Crippen molar-refractivity contribution in [2.75, 3.05) is 7.11 Å². The molecule has 5 rings (SSSR count). The molecule has 0 spiro atoms. The SMILES string of the molecule is C=C.COC(NCc1nc2c(cnc3ccccc32)[nH]1)=C1CCC1.N#CCC1CCCCC1. The summed E-state index contributed by atoms with van der Waals surface area (Å²) in [7, 11) is 1.71. The second-order valence-electron chi connectivity index (χ2n) is 8.43. The molecule has 0 saturated heterocycles. The number of nitriles is 1. The smallest absolute Gasteiger partial charge is 0.185 e. The molecule has 0 aliphatic heterocycles. The number of pyridine rings is 1. The number of rotatable bonds is 5. The summed E-state index contributed by atoms with van der Waals surface area (Å²) in [5.41, 5.74) is 4.27. The number of ether oxygens (including phenoxy) is 1. The molecule has 0 amide bonds. The van der Waals surface area contributed by atoms with Crippen molar-refractivity contribution in [1.82, 2.24) is 20.3 Å². The van der Waals surface area contributed by atoms with Crippen molar-refractivity contribution in [2.45, 2.75) is 64.3 Å². The Kier molecular flexibility index (Phi) is 9.31. The van der Waals surface area contributed by atoms with Gasteiger partial charge in [-0.2, -0.15) is 5.26 Å². The van der Waals surface area contributed by atoms with Gasteiger partial charge < -0.3 is 15.0 Å². The van der Waals surface area contributed by atoms with Gasteiger partial charge in [0.25, 0.3) is 0 Å². The minimum Gasteiger partial charge on any atom is -0.483 e. The summed E-state index contributed by atoms with van der Waals surface area (Å²) in [6, 6.07) is 10.3. The number of hydrogen-bond acceptors (Lipinski definition) is 5. The highest BCUT2D eigenvalue weighted by atomic mass is 16.5. The highest BCUT2D eigenvalue weighted by Crippen LogP contribution is 2.28. The third-order valence-corrected chi connectivity index (χ3v) is 6.28. The van der Waals surface area contributed by atoms with E-state index in [4.69, 9.17) is 15.0 Å². The first-order valence-electron chi connectivity index (χ1n) is 11.9. The lowest BCUT2D eigenvalue weighted by Gasteiger charge is -2.21. The van der Waals surface area contributed by atoms with Crippen LogP contribution in [-0.4, -0.2) is 22.1 Å².